The highest BCUT2D eigenvalue weighted by atomic mass is 16.5. The molecule has 1 rings (SSSR count). The van der Waals surface area contributed by atoms with Crippen molar-refractivity contribution in [3.8, 4) is 0 Å². The molecule has 21 heavy (non-hydrogen) atoms. The van der Waals surface area contributed by atoms with Crippen molar-refractivity contribution in [2.75, 3.05) is 6.61 Å². The standard InChI is InChI=1S/C17H24O4/c1-6-20-16(18)13-9-7-8-10-14(13)17(19)21-15(11(2)3)12(4)5/h7-12,15H,6H2,1-5H3. The van der Waals surface area contributed by atoms with Gasteiger partial charge < -0.3 is 9.47 Å². The summed E-state index contributed by atoms with van der Waals surface area (Å²) in [5.41, 5.74) is 0.498. The van der Waals surface area contributed by atoms with Gasteiger partial charge in [-0.3, -0.25) is 0 Å². The number of esters is 2. The highest BCUT2D eigenvalue weighted by molar-refractivity contribution is 6.03. The van der Waals surface area contributed by atoms with Crippen LogP contribution in [0.4, 0.5) is 0 Å². The van der Waals surface area contributed by atoms with Crippen LogP contribution in [0.2, 0.25) is 0 Å². The maximum absolute atomic E-state index is 12.4. The van der Waals surface area contributed by atoms with Crippen LogP contribution in [-0.2, 0) is 9.47 Å². The largest absolute Gasteiger partial charge is 0.462 e. The predicted octanol–water partition coefficient (Wildman–Crippen LogP) is 3.70. The second-order valence-electron chi connectivity index (χ2n) is 5.62. The summed E-state index contributed by atoms with van der Waals surface area (Å²) < 4.78 is 10.6. The first kappa shape index (κ1) is 17.2. The summed E-state index contributed by atoms with van der Waals surface area (Å²) in [7, 11) is 0. The van der Waals surface area contributed by atoms with E-state index in [2.05, 4.69) is 0 Å². The average Bonchev–Trinajstić information content (AvgIpc) is 2.44. The molecule has 0 bridgehead atoms. The maximum Gasteiger partial charge on any atom is 0.339 e. The van der Waals surface area contributed by atoms with Gasteiger partial charge in [0.2, 0.25) is 0 Å². The molecule has 0 aliphatic carbocycles. The Morgan fingerprint density at radius 1 is 0.952 bits per heavy atom. The summed E-state index contributed by atoms with van der Waals surface area (Å²) >= 11 is 0. The van der Waals surface area contributed by atoms with E-state index < -0.39 is 11.9 Å². The van der Waals surface area contributed by atoms with E-state index in [1.54, 1.807) is 31.2 Å². The number of benzene rings is 1. The molecular weight excluding hydrogens is 268 g/mol. The van der Waals surface area contributed by atoms with Gasteiger partial charge in [0.25, 0.3) is 0 Å². The zero-order valence-corrected chi connectivity index (χ0v) is 13.4. The molecule has 0 saturated carbocycles. The second-order valence-corrected chi connectivity index (χ2v) is 5.62. The molecule has 0 spiro atoms. The van der Waals surface area contributed by atoms with Crippen LogP contribution < -0.4 is 0 Å². The van der Waals surface area contributed by atoms with Gasteiger partial charge in [-0.15, -0.1) is 0 Å². The lowest BCUT2D eigenvalue weighted by Gasteiger charge is -2.25. The van der Waals surface area contributed by atoms with E-state index in [0.717, 1.165) is 0 Å². The van der Waals surface area contributed by atoms with Gasteiger partial charge in [-0.05, 0) is 30.9 Å². The van der Waals surface area contributed by atoms with Gasteiger partial charge >= 0.3 is 11.9 Å². The van der Waals surface area contributed by atoms with Gasteiger partial charge in [0.15, 0.2) is 0 Å². The van der Waals surface area contributed by atoms with Crippen LogP contribution in [-0.4, -0.2) is 24.6 Å². The quantitative estimate of drug-likeness (QED) is 0.750. The molecule has 0 aromatic heterocycles. The Bertz CT molecular complexity index is 483. The molecule has 0 fully saturated rings. The van der Waals surface area contributed by atoms with Crippen LogP contribution in [0.25, 0.3) is 0 Å². The second kappa shape index (κ2) is 7.81. The van der Waals surface area contributed by atoms with Crippen molar-refractivity contribution in [2.45, 2.75) is 40.7 Å². The van der Waals surface area contributed by atoms with Crippen LogP contribution in [0.1, 0.15) is 55.3 Å². The minimum Gasteiger partial charge on any atom is -0.462 e. The lowest BCUT2D eigenvalue weighted by Crippen LogP contribution is -2.29. The molecule has 0 aliphatic rings. The number of hydrogen-bond acceptors (Lipinski definition) is 4. The average molecular weight is 292 g/mol. The van der Waals surface area contributed by atoms with Crippen molar-refractivity contribution in [3.63, 3.8) is 0 Å². The van der Waals surface area contributed by atoms with E-state index in [4.69, 9.17) is 9.47 Å². The fourth-order valence-electron chi connectivity index (χ4n) is 2.28. The molecule has 0 amide bonds. The summed E-state index contributed by atoms with van der Waals surface area (Å²) in [4.78, 5) is 24.3. The Hall–Kier alpha value is -1.84. The van der Waals surface area contributed by atoms with Crippen molar-refractivity contribution >= 4 is 11.9 Å². The third-order valence-electron chi connectivity index (χ3n) is 3.20. The van der Waals surface area contributed by atoms with Crippen LogP contribution >= 0.6 is 0 Å². The number of ether oxygens (including phenoxy) is 2. The first-order chi connectivity index (χ1) is 9.88. The van der Waals surface area contributed by atoms with Crippen molar-refractivity contribution in [1.82, 2.24) is 0 Å². The van der Waals surface area contributed by atoms with E-state index in [-0.39, 0.29) is 35.7 Å². The highest BCUT2D eigenvalue weighted by Gasteiger charge is 2.25. The minimum absolute atomic E-state index is 0.187. The van der Waals surface area contributed by atoms with Crippen LogP contribution in [0.15, 0.2) is 24.3 Å². The zero-order valence-electron chi connectivity index (χ0n) is 13.4. The maximum atomic E-state index is 12.4. The summed E-state index contributed by atoms with van der Waals surface area (Å²) in [6.45, 7) is 10.0. The Balaban J connectivity index is 3.00. The van der Waals surface area contributed by atoms with Crippen molar-refractivity contribution < 1.29 is 19.1 Å². The predicted molar refractivity (Wildman–Crippen MR) is 81.3 cm³/mol. The minimum atomic E-state index is -0.504. The molecule has 0 heterocycles. The van der Waals surface area contributed by atoms with Gasteiger partial charge in [-0.1, -0.05) is 39.8 Å². The normalized spacial score (nSPS) is 11.0. The molecule has 4 nitrogen and oxygen atoms in total. The Morgan fingerprint density at radius 3 is 1.86 bits per heavy atom. The van der Waals surface area contributed by atoms with Crippen molar-refractivity contribution in [3.05, 3.63) is 35.4 Å². The van der Waals surface area contributed by atoms with Gasteiger partial charge in [0.05, 0.1) is 17.7 Å². The van der Waals surface area contributed by atoms with Gasteiger partial charge in [-0.25, -0.2) is 9.59 Å². The topological polar surface area (TPSA) is 52.6 Å². The number of hydrogen-bond donors (Lipinski definition) is 0. The molecule has 1 aromatic carbocycles. The summed E-state index contributed by atoms with van der Waals surface area (Å²) in [6, 6.07) is 6.57. The summed E-state index contributed by atoms with van der Waals surface area (Å²) in [5.74, 6) is -0.561. The van der Waals surface area contributed by atoms with Gasteiger partial charge in [0, 0.05) is 0 Å². The monoisotopic (exact) mass is 292 g/mol. The Morgan fingerprint density at radius 2 is 1.43 bits per heavy atom. The SMILES string of the molecule is CCOC(=O)c1ccccc1C(=O)OC(C(C)C)C(C)C. The fourth-order valence-corrected chi connectivity index (χ4v) is 2.28. The lowest BCUT2D eigenvalue weighted by atomic mass is 9.96. The van der Waals surface area contributed by atoms with Crippen molar-refractivity contribution in [1.29, 1.82) is 0 Å². The van der Waals surface area contributed by atoms with Crippen molar-refractivity contribution in [2.24, 2.45) is 11.8 Å². The Labute approximate surface area is 126 Å². The molecule has 0 saturated heterocycles. The van der Waals surface area contributed by atoms with Gasteiger partial charge in [0.1, 0.15) is 6.10 Å². The molecule has 116 valence electrons. The van der Waals surface area contributed by atoms with Crippen LogP contribution in [0.3, 0.4) is 0 Å². The number of rotatable bonds is 6. The molecule has 1 aromatic rings. The smallest absolute Gasteiger partial charge is 0.339 e. The van der Waals surface area contributed by atoms with E-state index in [1.807, 2.05) is 27.7 Å². The summed E-state index contributed by atoms with van der Waals surface area (Å²) in [5, 5.41) is 0. The third kappa shape index (κ3) is 4.59. The first-order valence-electron chi connectivity index (χ1n) is 7.35. The van der Waals surface area contributed by atoms with E-state index in [9.17, 15) is 9.59 Å². The number of carbonyl (C=O) groups is 2. The molecule has 0 unspecified atom stereocenters. The van der Waals surface area contributed by atoms with Crippen LogP contribution in [0.5, 0.6) is 0 Å². The third-order valence-corrected chi connectivity index (χ3v) is 3.20. The molecule has 0 aliphatic heterocycles. The fraction of sp³-hybridized carbons (Fsp3) is 0.529. The van der Waals surface area contributed by atoms with E-state index in [0.29, 0.717) is 0 Å². The molecule has 4 heteroatoms. The van der Waals surface area contributed by atoms with Crippen LogP contribution in [0, 0.1) is 11.8 Å². The molecular formula is C17H24O4. The molecule has 0 radical (unpaired) electrons. The zero-order chi connectivity index (χ0) is 16.0. The Kier molecular flexibility index (Phi) is 6.40. The summed E-state index contributed by atoms with van der Waals surface area (Å²) in [6.07, 6.45) is -0.187. The first-order valence-corrected chi connectivity index (χ1v) is 7.35. The van der Waals surface area contributed by atoms with Gasteiger partial charge in [-0.2, -0.15) is 0 Å². The number of carbonyl (C=O) groups excluding carboxylic acids is 2. The molecule has 0 atom stereocenters. The van der Waals surface area contributed by atoms with E-state index in [1.165, 1.54) is 0 Å². The molecule has 0 N–H and O–H groups in total. The highest BCUT2D eigenvalue weighted by Crippen LogP contribution is 2.20. The van der Waals surface area contributed by atoms with E-state index >= 15 is 0 Å². The lowest BCUT2D eigenvalue weighted by molar-refractivity contribution is 0.00285.